The lowest BCUT2D eigenvalue weighted by molar-refractivity contribution is -0.0702. The Hall–Kier alpha value is -2.00. The SMILES string of the molecule is CCC(C)(C)C(C)c1ccc(OC(C)OCCCOC2=C(C)CCC3=CC4CC4C=C32)cc1. The Morgan fingerprint density at radius 1 is 1.00 bits per heavy atom. The van der Waals surface area contributed by atoms with Gasteiger partial charge in [0.05, 0.1) is 13.2 Å². The Kier molecular flexibility index (Phi) is 7.38. The zero-order valence-corrected chi connectivity index (χ0v) is 21.4. The van der Waals surface area contributed by atoms with Crippen molar-refractivity contribution in [2.45, 2.75) is 85.9 Å². The minimum absolute atomic E-state index is 0.279. The fourth-order valence-corrected chi connectivity index (χ4v) is 4.89. The Bertz CT molecular complexity index is 918. The summed E-state index contributed by atoms with van der Waals surface area (Å²) in [4.78, 5) is 0. The van der Waals surface area contributed by atoms with Gasteiger partial charge in [0.1, 0.15) is 11.5 Å². The smallest absolute Gasteiger partial charge is 0.196 e. The first-order valence-corrected chi connectivity index (χ1v) is 12.9. The first kappa shape index (κ1) is 24.1. The second kappa shape index (κ2) is 10.1. The molecule has 0 amide bonds. The molecule has 3 nitrogen and oxygen atoms in total. The van der Waals surface area contributed by atoms with Crippen LogP contribution in [0.25, 0.3) is 0 Å². The van der Waals surface area contributed by atoms with Gasteiger partial charge in [-0.1, -0.05) is 58.4 Å². The van der Waals surface area contributed by atoms with Crippen molar-refractivity contribution in [2.75, 3.05) is 13.2 Å². The highest BCUT2D eigenvalue weighted by molar-refractivity contribution is 5.53. The molecule has 4 rings (SSSR count). The van der Waals surface area contributed by atoms with Crippen LogP contribution in [0, 0.1) is 17.3 Å². The van der Waals surface area contributed by atoms with Crippen molar-refractivity contribution >= 4 is 0 Å². The average Bonchev–Trinajstić information content (AvgIpc) is 3.57. The number of hydrogen-bond acceptors (Lipinski definition) is 3. The molecule has 4 atom stereocenters. The lowest BCUT2D eigenvalue weighted by atomic mass is 9.74. The number of rotatable bonds is 11. The van der Waals surface area contributed by atoms with Gasteiger partial charge in [-0.15, -0.1) is 0 Å². The molecule has 0 aliphatic heterocycles. The molecular weight excluding hydrogens is 408 g/mol. The standard InChI is InChI=1S/C30H42O3/c1-7-30(5,6)21(3)23-11-13-27(14-12-23)33-22(4)31-15-8-16-32-29-20(2)9-10-24-17-25-18-26(25)19-28(24)29/h11-14,17,19,21-22,25-26H,7-10,15-16,18H2,1-6H3. The van der Waals surface area contributed by atoms with Crippen molar-refractivity contribution in [3.8, 4) is 5.75 Å². The molecule has 1 aromatic carbocycles. The molecule has 3 aliphatic carbocycles. The molecule has 0 aromatic heterocycles. The molecule has 3 aliphatic rings. The molecule has 0 heterocycles. The highest BCUT2D eigenvalue weighted by Crippen LogP contribution is 2.50. The molecule has 1 aromatic rings. The maximum Gasteiger partial charge on any atom is 0.196 e. The number of fused-ring (bicyclic) bond motifs is 2. The molecule has 33 heavy (non-hydrogen) atoms. The van der Waals surface area contributed by atoms with E-state index in [-0.39, 0.29) is 6.29 Å². The molecule has 0 radical (unpaired) electrons. The largest absolute Gasteiger partial charge is 0.493 e. The van der Waals surface area contributed by atoms with Crippen LogP contribution in [-0.4, -0.2) is 19.5 Å². The molecule has 0 saturated heterocycles. The van der Waals surface area contributed by atoms with E-state index in [0.29, 0.717) is 24.5 Å². The van der Waals surface area contributed by atoms with Crippen molar-refractivity contribution in [1.29, 1.82) is 0 Å². The van der Waals surface area contributed by atoms with Gasteiger partial charge in [0.15, 0.2) is 6.29 Å². The molecule has 0 spiro atoms. The van der Waals surface area contributed by atoms with E-state index in [1.54, 1.807) is 0 Å². The molecule has 180 valence electrons. The summed E-state index contributed by atoms with van der Waals surface area (Å²) in [7, 11) is 0. The van der Waals surface area contributed by atoms with Crippen molar-refractivity contribution in [2.24, 2.45) is 17.3 Å². The Morgan fingerprint density at radius 2 is 1.73 bits per heavy atom. The summed E-state index contributed by atoms with van der Waals surface area (Å²) in [6.07, 6.45) is 10.3. The first-order valence-electron chi connectivity index (χ1n) is 12.9. The van der Waals surface area contributed by atoms with E-state index in [0.717, 1.165) is 42.6 Å². The van der Waals surface area contributed by atoms with Crippen molar-refractivity contribution in [1.82, 2.24) is 0 Å². The maximum atomic E-state index is 6.25. The highest BCUT2D eigenvalue weighted by Gasteiger charge is 2.39. The lowest BCUT2D eigenvalue weighted by Crippen LogP contribution is -2.19. The topological polar surface area (TPSA) is 27.7 Å². The first-order chi connectivity index (χ1) is 15.8. The van der Waals surface area contributed by atoms with Gasteiger partial charge in [0.2, 0.25) is 0 Å². The summed E-state index contributed by atoms with van der Waals surface area (Å²) in [5.41, 5.74) is 5.91. The molecule has 1 fully saturated rings. The second-order valence-electron chi connectivity index (χ2n) is 10.8. The van der Waals surface area contributed by atoms with Crippen LogP contribution < -0.4 is 4.74 Å². The van der Waals surface area contributed by atoms with Crippen LogP contribution >= 0.6 is 0 Å². The van der Waals surface area contributed by atoms with E-state index in [1.807, 2.05) is 6.92 Å². The van der Waals surface area contributed by atoms with Crippen LogP contribution in [0.4, 0.5) is 0 Å². The molecule has 0 N–H and O–H groups in total. The Morgan fingerprint density at radius 3 is 2.45 bits per heavy atom. The normalized spacial score (nSPS) is 23.7. The summed E-state index contributed by atoms with van der Waals surface area (Å²) in [5.74, 6) is 4.05. The lowest BCUT2D eigenvalue weighted by Gasteiger charge is -2.31. The van der Waals surface area contributed by atoms with Crippen LogP contribution in [0.3, 0.4) is 0 Å². The van der Waals surface area contributed by atoms with E-state index in [9.17, 15) is 0 Å². The van der Waals surface area contributed by atoms with Gasteiger partial charge in [0.25, 0.3) is 0 Å². The van der Waals surface area contributed by atoms with E-state index in [2.05, 4.69) is 71.0 Å². The monoisotopic (exact) mass is 450 g/mol. The third-order valence-electron chi connectivity index (χ3n) is 8.09. The van der Waals surface area contributed by atoms with Crippen molar-refractivity contribution in [3.05, 3.63) is 64.5 Å². The van der Waals surface area contributed by atoms with Crippen molar-refractivity contribution in [3.63, 3.8) is 0 Å². The Labute approximate surface area is 200 Å². The minimum Gasteiger partial charge on any atom is -0.493 e. The molecule has 0 bridgehead atoms. The molecule has 4 unspecified atom stereocenters. The highest BCUT2D eigenvalue weighted by atomic mass is 16.7. The average molecular weight is 451 g/mol. The van der Waals surface area contributed by atoms with Gasteiger partial charge >= 0.3 is 0 Å². The molecular formula is C30H42O3. The predicted molar refractivity (Wildman–Crippen MR) is 135 cm³/mol. The van der Waals surface area contributed by atoms with E-state index in [1.165, 1.54) is 35.1 Å². The van der Waals surface area contributed by atoms with Gasteiger partial charge in [0, 0.05) is 12.0 Å². The zero-order valence-electron chi connectivity index (χ0n) is 21.4. The second-order valence-corrected chi connectivity index (χ2v) is 10.8. The predicted octanol–water partition coefficient (Wildman–Crippen LogP) is 7.94. The van der Waals surface area contributed by atoms with Gasteiger partial charge in [-0.3, -0.25) is 0 Å². The van der Waals surface area contributed by atoms with E-state index >= 15 is 0 Å². The number of ether oxygens (including phenoxy) is 3. The van der Waals surface area contributed by atoms with Crippen LogP contribution in [0.15, 0.2) is 58.9 Å². The van der Waals surface area contributed by atoms with Gasteiger partial charge in [-0.25, -0.2) is 0 Å². The van der Waals surface area contributed by atoms with Gasteiger partial charge in [-0.05, 0) is 85.1 Å². The molecule has 1 saturated carbocycles. The third-order valence-corrected chi connectivity index (χ3v) is 8.09. The van der Waals surface area contributed by atoms with E-state index < -0.39 is 0 Å². The summed E-state index contributed by atoms with van der Waals surface area (Å²) in [6, 6.07) is 8.49. The number of allylic oxidation sites excluding steroid dienone is 4. The van der Waals surface area contributed by atoms with Gasteiger partial charge in [-0.2, -0.15) is 0 Å². The third kappa shape index (κ3) is 5.74. The quantitative estimate of drug-likeness (QED) is 0.253. The fourth-order valence-electron chi connectivity index (χ4n) is 4.89. The summed E-state index contributed by atoms with van der Waals surface area (Å²) in [5, 5.41) is 0. The fraction of sp³-hybridized carbons (Fsp3) is 0.600. The van der Waals surface area contributed by atoms with E-state index in [4.69, 9.17) is 14.2 Å². The maximum absolute atomic E-state index is 6.25. The number of hydrogen-bond donors (Lipinski definition) is 0. The Balaban J connectivity index is 1.19. The van der Waals surface area contributed by atoms with Crippen LogP contribution in [-0.2, 0) is 9.47 Å². The number of benzene rings is 1. The summed E-state index contributed by atoms with van der Waals surface area (Å²) >= 11 is 0. The summed E-state index contributed by atoms with van der Waals surface area (Å²) < 4.78 is 18.1. The van der Waals surface area contributed by atoms with Crippen LogP contribution in [0.2, 0.25) is 0 Å². The summed E-state index contributed by atoms with van der Waals surface area (Å²) in [6.45, 7) is 14.7. The van der Waals surface area contributed by atoms with Crippen LogP contribution in [0.5, 0.6) is 5.75 Å². The molecule has 3 heteroatoms. The zero-order chi connectivity index (χ0) is 23.6. The van der Waals surface area contributed by atoms with Crippen LogP contribution in [0.1, 0.15) is 85.1 Å². The van der Waals surface area contributed by atoms with Crippen molar-refractivity contribution < 1.29 is 14.2 Å². The minimum atomic E-state index is -0.279. The van der Waals surface area contributed by atoms with Gasteiger partial charge < -0.3 is 14.2 Å².